The molecule has 1 saturated heterocycles. The third-order valence-electron chi connectivity index (χ3n) is 5.32. The van der Waals surface area contributed by atoms with Crippen LogP contribution in [0.15, 0.2) is 4.99 Å². The van der Waals surface area contributed by atoms with E-state index < -0.39 is 0 Å². The second-order valence-corrected chi connectivity index (χ2v) is 8.92. The molecule has 0 aromatic rings. The standard InChI is InChI=1S/C20H38N6O2/c1-20(2,3)23-17(27)15-24(5)19(21-4)22-9-10-25-11-13-26(14-12-25)18(28)16-7-6-8-16/h16H,6-15H2,1-5H3,(H,21,22)(H,23,27). The molecule has 2 aliphatic rings. The van der Waals surface area contributed by atoms with Crippen molar-refractivity contribution in [2.75, 3.05) is 59.9 Å². The van der Waals surface area contributed by atoms with E-state index in [4.69, 9.17) is 0 Å². The molecule has 2 amide bonds. The van der Waals surface area contributed by atoms with Gasteiger partial charge < -0.3 is 20.4 Å². The highest BCUT2D eigenvalue weighted by Gasteiger charge is 2.31. The van der Waals surface area contributed by atoms with Gasteiger partial charge in [-0.25, -0.2) is 0 Å². The van der Waals surface area contributed by atoms with Crippen LogP contribution in [-0.2, 0) is 9.59 Å². The summed E-state index contributed by atoms with van der Waals surface area (Å²) in [6, 6.07) is 0. The van der Waals surface area contributed by atoms with E-state index in [2.05, 4.69) is 20.5 Å². The Morgan fingerprint density at radius 3 is 2.29 bits per heavy atom. The number of carbonyl (C=O) groups is 2. The molecule has 1 heterocycles. The first kappa shape index (κ1) is 22.5. The Morgan fingerprint density at radius 2 is 1.79 bits per heavy atom. The molecule has 0 aromatic heterocycles. The summed E-state index contributed by atoms with van der Waals surface area (Å²) in [5, 5.41) is 6.29. The van der Waals surface area contributed by atoms with Crippen molar-refractivity contribution in [3.05, 3.63) is 0 Å². The number of nitrogens with one attached hydrogen (secondary N) is 2. The van der Waals surface area contributed by atoms with Crippen molar-refractivity contribution in [2.24, 2.45) is 10.9 Å². The zero-order valence-corrected chi connectivity index (χ0v) is 18.3. The van der Waals surface area contributed by atoms with Gasteiger partial charge in [-0.3, -0.25) is 19.5 Å². The molecule has 2 fully saturated rings. The minimum atomic E-state index is -0.239. The van der Waals surface area contributed by atoms with Gasteiger partial charge >= 0.3 is 0 Å². The predicted octanol–water partition coefficient (Wildman–Crippen LogP) is 0.353. The first-order valence-electron chi connectivity index (χ1n) is 10.4. The van der Waals surface area contributed by atoms with Gasteiger partial charge in [-0.15, -0.1) is 0 Å². The summed E-state index contributed by atoms with van der Waals surface area (Å²) < 4.78 is 0. The summed E-state index contributed by atoms with van der Waals surface area (Å²) in [6.07, 6.45) is 3.35. The summed E-state index contributed by atoms with van der Waals surface area (Å²) in [7, 11) is 3.59. The van der Waals surface area contributed by atoms with Gasteiger partial charge in [0.1, 0.15) is 0 Å². The van der Waals surface area contributed by atoms with Crippen LogP contribution in [0.4, 0.5) is 0 Å². The van der Waals surface area contributed by atoms with Gasteiger partial charge in [0.05, 0.1) is 6.54 Å². The quantitative estimate of drug-likeness (QED) is 0.502. The molecular weight excluding hydrogens is 356 g/mol. The molecule has 1 aliphatic heterocycles. The Hall–Kier alpha value is -1.83. The molecule has 0 bridgehead atoms. The third kappa shape index (κ3) is 6.96. The van der Waals surface area contributed by atoms with Crippen molar-refractivity contribution in [3.63, 3.8) is 0 Å². The lowest BCUT2D eigenvalue weighted by atomic mass is 9.84. The number of hydrogen-bond acceptors (Lipinski definition) is 4. The number of nitrogens with zero attached hydrogens (tertiary/aromatic N) is 4. The van der Waals surface area contributed by atoms with Gasteiger partial charge in [-0.1, -0.05) is 6.42 Å². The fourth-order valence-electron chi connectivity index (χ4n) is 3.56. The van der Waals surface area contributed by atoms with E-state index in [1.165, 1.54) is 6.42 Å². The van der Waals surface area contributed by atoms with Crippen LogP contribution in [0.3, 0.4) is 0 Å². The van der Waals surface area contributed by atoms with Gasteiger partial charge in [0.2, 0.25) is 11.8 Å². The minimum Gasteiger partial charge on any atom is -0.355 e. The molecule has 2 rings (SSSR count). The smallest absolute Gasteiger partial charge is 0.240 e. The average molecular weight is 395 g/mol. The van der Waals surface area contributed by atoms with Gasteiger partial charge in [-0.2, -0.15) is 0 Å². The molecular formula is C20H38N6O2. The number of aliphatic imine (C=N–C) groups is 1. The first-order chi connectivity index (χ1) is 13.2. The van der Waals surface area contributed by atoms with Crippen LogP contribution in [0.5, 0.6) is 0 Å². The molecule has 28 heavy (non-hydrogen) atoms. The van der Waals surface area contributed by atoms with Crippen LogP contribution in [-0.4, -0.2) is 97.9 Å². The fourth-order valence-corrected chi connectivity index (χ4v) is 3.56. The molecule has 2 N–H and O–H groups in total. The highest BCUT2D eigenvalue weighted by Crippen LogP contribution is 2.28. The van der Waals surface area contributed by atoms with Crippen molar-refractivity contribution in [3.8, 4) is 0 Å². The maximum atomic E-state index is 12.3. The molecule has 0 spiro atoms. The average Bonchev–Trinajstić information content (AvgIpc) is 2.55. The Kier molecular flexibility index (Phi) is 8.10. The second kappa shape index (κ2) is 10.1. The number of guanidine groups is 1. The van der Waals surface area contributed by atoms with E-state index in [9.17, 15) is 9.59 Å². The lowest BCUT2D eigenvalue weighted by Crippen LogP contribution is -2.53. The number of piperazine rings is 1. The monoisotopic (exact) mass is 394 g/mol. The van der Waals surface area contributed by atoms with Gasteiger partial charge in [-0.05, 0) is 33.6 Å². The second-order valence-electron chi connectivity index (χ2n) is 8.92. The first-order valence-corrected chi connectivity index (χ1v) is 10.4. The zero-order valence-electron chi connectivity index (χ0n) is 18.3. The van der Waals surface area contributed by atoms with Crippen molar-refractivity contribution < 1.29 is 9.59 Å². The summed E-state index contributed by atoms with van der Waals surface area (Å²) in [6.45, 7) is 11.3. The van der Waals surface area contributed by atoms with E-state index in [-0.39, 0.29) is 18.0 Å². The maximum absolute atomic E-state index is 12.3. The number of amides is 2. The minimum absolute atomic E-state index is 0.0230. The maximum Gasteiger partial charge on any atom is 0.240 e. The Morgan fingerprint density at radius 1 is 1.14 bits per heavy atom. The van der Waals surface area contributed by atoms with Crippen molar-refractivity contribution in [1.29, 1.82) is 0 Å². The number of carbonyl (C=O) groups excluding carboxylic acids is 2. The number of rotatable bonds is 6. The SMILES string of the molecule is CN=C(NCCN1CCN(C(=O)C2CCC2)CC1)N(C)CC(=O)NC(C)(C)C. The molecule has 1 saturated carbocycles. The predicted molar refractivity (Wildman–Crippen MR) is 112 cm³/mol. The molecule has 8 nitrogen and oxygen atoms in total. The van der Waals surface area contributed by atoms with E-state index in [1.54, 1.807) is 7.05 Å². The van der Waals surface area contributed by atoms with Gasteiger partial charge in [0.25, 0.3) is 0 Å². The van der Waals surface area contributed by atoms with E-state index in [0.29, 0.717) is 17.8 Å². The van der Waals surface area contributed by atoms with Gasteiger partial charge in [0, 0.05) is 64.8 Å². The molecule has 1 aliphatic carbocycles. The van der Waals surface area contributed by atoms with Crippen LogP contribution in [0.2, 0.25) is 0 Å². The van der Waals surface area contributed by atoms with Crippen LogP contribution < -0.4 is 10.6 Å². The van der Waals surface area contributed by atoms with E-state index in [0.717, 1.165) is 52.1 Å². The van der Waals surface area contributed by atoms with E-state index in [1.807, 2.05) is 37.6 Å². The van der Waals surface area contributed by atoms with Crippen LogP contribution in [0.25, 0.3) is 0 Å². The summed E-state index contributed by atoms with van der Waals surface area (Å²) in [5.41, 5.74) is -0.239. The molecule has 0 aromatic carbocycles. The topological polar surface area (TPSA) is 80.3 Å². The molecule has 0 unspecified atom stereocenters. The third-order valence-corrected chi connectivity index (χ3v) is 5.32. The summed E-state index contributed by atoms with van der Waals surface area (Å²) >= 11 is 0. The Bertz CT molecular complexity index is 560. The summed E-state index contributed by atoms with van der Waals surface area (Å²) in [5.74, 6) is 1.34. The summed E-state index contributed by atoms with van der Waals surface area (Å²) in [4.78, 5) is 34.9. The Labute approximate surface area is 169 Å². The van der Waals surface area contributed by atoms with E-state index >= 15 is 0 Å². The van der Waals surface area contributed by atoms with Crippen LogP contribution in [0.1, 0.15) is 40.0 Å². The van der Waals surface area contributed by atoms with Crippen LogP contribution in [0, 0.1) is 5.92 Å². The van der Waals surface area contributed by atoms with Gasteiger partial charge in [0.15, 0.2) is 5.96 Å². The molecule has 8 heteroatoms. The molecule has 0 atom stereocenters. The van der Waals surface area contributed by atoms with Crippen molar-refractivity contribution >= 4 is 17.8 Å². The van der Waals surface area contributed by atoms with Crippen molar-refractivity contribution in [2.45, 2.75) is 45.6 Å². The molecule has 0 radical (unpaired) electrons. The largest absolute Gasteiger partial charge is 0.355 e. The van der Waals surface area contributed by atoms with Crippen molar-refractivity contribution in [1.82, 2.24) is 25.3 Å². The highest BCUT2D eigenvalue weighted by atomic mass is 16.2. The Balaban J connectivity index is 1.66. The van der Waals surface area contributed by atoms with Crippen LogP contribution >= 0.6 is 0 Å². The zero-order chi connectivity index (χ0) is 20.7. The number of likely N-dealkylation sites (N-methyl/N-ethyl adjacent to an activating group) is 1. The lowest BCUT2D eigenvalue weighted by Gasteiger charge is -2.38. The normalized spacial score (nSPS) is 19.2. The number of hydrogen-bond donors (Lipinski definition) is 2. The highest BCUT2D eigenvalue weighted by molar-refractivity contribution is 5.86. The molecule has 160 valence electrons. The fraction of sp³-hybridized carbons (Fsp3) is 0.850. The lowest BCUT2D eigenvalue weighted by molar-refractivity contribution is -0.139.